The molecule has 0 bridgehead atoms. The number of allylic oxidation sites excluding steroid dienone is 1. The number of aliphatic imine (C=N–C) groups is 3. The minimum atomic E-state index is -1.28. The van der Waals surface area contributed by atoms with E-state index in [0.717, 1.165) is 48.1 Å². The lowest BCUT2D eigenvalue weighted by Crippen LogP contribution is -2.49. The summed E-state index contributed by atoms with van der Waals surface area (Å²) in [6, 6.07) is 4.02. The van der Waals surface area contributed by atoms with Crippen LogP contribution in [0.3, 0.4) is 0 Å². The maximum atomic E-state index is 14.7. The molecule has 9 nitrogen and oxygen atoms in total. The zero-order valence-electron chi connectivity index (χ0n) is 19.9. The highest BCUT2D eigenvalue weighted by atomic mass is 19.1. The summed E-state index contributed by atoms with van der Waals surface area (Å²) in [6.45, 7) is 5.82. The van der Waals surface area contributed by atoms with E-state index in [1.165, 1.54) is 0 Å². The Bertz CT molecular complexity index is 1160. The number of amidine groups is 2. The van der Waals surface area contributed by atoms with E-state index < -0.39 is 6.17 Å². The Labute approximate surface area is 198 Å². The molecule has 0 saturated heterocycles. The number of rotatable bonds is 5. The van der Waals surface area contributed by atoms with E-state index in [4.69, 9.17) is 5.41 Å². The van der Waals surface area contributed by atoms with Gasteiger partial charge in [0.15, 0.2) is 6.17 Å². The first-order chi connectivity index (χ1) is 16.5. The average Bonchev–Trinajstić information content (AvgIpc) is 3.24. The Morgan fingerprint density at radius 3 is 2.94 bits per heavy atom. The van der Waals surface area contributed by atoms with Crippen molar-refractivity contribution in [3.63, 3.8) is 0 Å². The van der Waals surface area contributed by atoms with Crippen molar-refractivity contribution in [2.45, 2.75) is 71.1 Å². The molecule has 34 heavy (non-hydrogen) atoms. The number of pyridine rings is 1. The zero-order valence-corrected chi connectivity index (χ0v) is 19.9. The number of hydrogen-bond acceptors (Lipinski definition) is 7. The highest BCUT2D eigenvalue weighted by molar-refractivity contribution is 6.40. The second-order valence-electron chi connectivity index (χ2n) is 8.65. The molecule has 1 fully saturated rings. The van der Waals surface area contributed by atoms with Gasteiger partial charge in [-0.25, -0.2) is 14.4 Å². The standard InChI is InChI=1S/C24H32FN9/c1-4-11-27-19(5-2)22(26)31-16-7-6-8-17(12-16)32-23-18(25)13-28-24(33-23)34-21-10-9-15(3)30-20(21)14-29-34/h4,9-11,14,16-18H,5-8,12-13H2,1-3H3,(H2,26,31)(H,28,32,33)/b11-4-,27-19+/t16-,17+,18?/m1/s1. The van der Waals surface area contributed by atoms with Gasteiger partial charge in [0.2, 0.25) is 5.96 Å². The Balaban J connectivity index is 1.44. The van der Waals surface area contributed by atoms with E-state index in [1.807, 2.05) is 39.0 Å². The van der Waals surface area contributed by atoms with Gasteiger partial charge >= 0.3 is 0 Å². The molecule has 3 heterocycles. The van der Waals surface area contributed by atoms with Crippen molar-refractivity contribution in [3.05, 3.63) is 36.3 Å². The molecule has 180 valence electrons. The molecule has 0 amide bonds. The van der Waals surface area contributed by atoms with E-state index in [9.17, 15) is 4.39 Å². The summed E-state index contributed by atoms with van der Waals surface area (Å²) in [5.74, 6) is 1.00. The number of nitrogens with one attached hydrogen (secondary N) is 3. The van der Waals surface area contributed by atoms with Crippen LogP contribution in [0.4, 0.5) is 4.39 Å². The number of aromatic nitrogens is 3. The molecule has 10 heteroatoms. The van der Waals surface area contributed by atoms with Gasteiger partial charge in [0.25, 0.3) is 0 Å². The molecular formula is C24H32FN9. The normalized spacial score (nSPS) is 23.6. The molecule has 1 aliphatic heterocycles. The largest absolute Gasteiger partial charge is 0.368 e. The summed E-state index contributed by atoms with van der Waals surface area (Å²) in [5, 5.41) is 19.4. The van der Waals surface area contributed by atoms with Crippen LogP contribution in [0.25, 0.3) is 11.0 Å². The van der Waals surface area contributed by atoms with Gasteiger partial charge in [-0.2, -0.15) is 14.8 Å². The number of halogens is 1. The third-order valence-corrected chi connectivity index (χ3v) is 6.04. The van der Waals surface area contributed by atoms with Gasteiger partial charge in [0, 0.05) is 24.0 Å². The number of fused-ring (bicyclic) bond motifs is 1. The van der Waals surface area contributed by atoms with Gasteiger partial charge in [-0.15, -0.1) is 0 Å². The predicted molar refractivity (Wildman–Crippen MR) is 135 cm³/mol. The lowest BCUT2D eigenvalue weighted by molar-refractivity contribution is 0.340. The first kappa shape index (κ1) is 23.7. The molecule has 4 rings (SSSR count). The van der Waals surface area contributed by atoms with Crippen LogP contribution in [0.1, 0.15) is 51.6 Å². The summed E-state index contributed by atoms with van der Waals surface area (Å²) < 4.78 is 16.4. The molecule has 2 aliphatic rings. The van der Waals surface area contributed by atoms with Crippen LogP contribution in [-0.4, -0.2) is 62.9 Å². The lowest BCUT2D eigenvalue weighted by atomic mass is 9.90. The smallest absolute Gasteiger partial charge is 0.248 e. The van der Waals surface area contributed by atoms with Gasteiger partial charge < -0.3 is 10.6 Å². The second kappa shape index (κ2) is 10.7. The summed E-state index contributed by atoms with van der Waals surface area (Å²) in [5.41, 5.74) is 3.17. The van der Waals surface area contributed by atoms with Crippen LogP contribution >= 0.6 is 0 Å². The zero-order chi connectivity index (χ0) is 24.1. The highest BCUT2D eigenvalue weighted by Crippen LogP contribution is 2.20. The Morgan fingerprint density at radius 2 is 2.15 bits per heavy atom. The summed E-state index contributed by atoms with van der Waals surface area (Å²) in [6.07, 6.45) is 8.28. The van der Waals surface area contributed by atoms with Gasteiger partial charge in [-0.3, -0.25) is 10.4 Å². The van der Waals surface area contributed by atoms with Crippen LogP contribution in [0.15, 0.2) is 45.6 Å². The van der Waals surface area contributed by atoms with Crippen molar-refractivity contribution in [2.24, 2.45) is 15.0 Å². The summed E-state index contributed by atoms with van der Waals surface area (Å²) in [4.78, 5) is 17.6. The van der Waals surface area contributed by atoms with Crippen molar-refractivity contribution in [1.29, 1.82) is 5.41 Å². The third-order valence-electron chi connectivity index (χ3n) is 6.04. The first-order valence-electron chi connectivity index (χ1n) is 11.9. The molecule has 1 aliphatic carbocycles. The second-order valence-corrected chi connectivity index (χ2v) is 8.65. The van der Waals surface area contributed by atoms with Crippen molar-refractivity contribution < 1.29 is 4.39 Å². The fourth-order valence-electron chi connectivity index (χ4n) is 4.32. The van der Waals surface area contributed by atoms with Crippen LogP contribution in [0.2, 0.25) is 0 Å². The Morgan fingerprint density at radius 1 is 1.32 bits per heavy atom. The van der Waals surface area contributed by atoms with Crippen LogP contribution < -0.4 is 10.6 Å². The van der Waals surface area contributed by atoms with Crippen molar-refractivity contribution in [3.8, 4) is 0 Å². The van der Waals surface area contributed by atoms with Crippen molar-refractivity contribution in [1.82, 2.24) is 25.4 Å². The van der Waals surface area contributed by atoms with E-state index in [1.54, 1.807) is 17.1 Å². The van der Waals surface area contributed by atoms with E-state index >= 15 is 0 Å². The topological polar surface area (TPSA) is 116 Å². The molecule has 0 spiro atoms. The van der Waals surface area contributed by atoms with Gasteiger partial charge in [-0.05, 0) is 58.1 Å². The lowest BCUT2D eigenvalue weighted by Gasteiger charge is -2.32. The van der Waals surface area contributed by atoms with Crippen LogP contribution in [-0.2, 0) is 0 Å². The van der Waals surface area contributed by atoms with Crippen LogP contribution in [0.5, 0.6) is 0 Å². The summed E-state index contributed by atoms with van der Waals surface area (Å²) >= 11 is 0. The maximum absolute atomic E-state index is 14.7. The molecule has 0 aromatic carbocycles. The van der Waals surface area contributed by atoms with Gasteiger partial charge in [0.05, 0.1) is 24.0 Å². The maximum Gasteiger partial charge on any atom is 0.248 e. The fraction of sp³-hybridized carbons (Fsp3) is 0.500. The molecular weight excluding hydrogens is 433 g/mol. The fourth-order valence-corrected chi connectivity index (χ4v) is 4.32. The molecule has 1 saturated carbocycles. The molecule has 3 N–H and O–H groups in total. The molecule has 0 radical (unpaired) electrons. The minimum absolute atomic E-state index is 0.00211. The molecule has 1 unspecified atom stereocenters. The monoisotopic (exact) mass is 465 g/mol. The molecule has 2 aromatic rings. The number of aryl methyl sites for hydroxylation is 1. The Hall–Kier alpha value is -3.43. The van der Waals surface area contributed by atoms with Gasteiger partial charge in [-0.1, -0.05) is 13.0 Å². The van der Waals surface area contributed by atoms with Crippen molar-refractivity contribution >= 4 is 34.4 Å². The quantitative estimate of drug-likeness (QED) is 0.463. The van der Waals surface area contributed by atoms with E-state index in [-0.39, 0.29) is 18.6 Å². The first-order valence-corrected chi connectivity index (χ1v) is 11.9. The van der Waals surface area contributed by atoms with E-state index in [0.29, 0.717) is 24.1 Å². The van der Waals surface area contributed by atoms with Crippen LogP contribution in [0, 0.1) is 12.3 Å². The molecule has 3 atom stereocenters. The third kappa shape index (κ3) is 5.37. The highest BCUT2D eigenvalue weighted by Gasteiger charge is 2.28. The predicted octanol–water partition coefficient (Wildman–Crippen LogP) is 3.55. The average molecular weight is 466 g/mol. The number of nitrogens with zero attached hydrogens (tertiary/aromatic N) is 6. The van der Waals surface area contributed by atoms with E-state index in [2.05, 4.69) is 35.7 Å². The minimum Gasteiger partial charge on any atom is -0.368 e. The molecule has 2 aromatic heterocycles. The SMILES string of the molecule is C/C=C\N=C(/CC)C(=N)N[C@@H]1CCC[C@H](NC2=NC(n3ncc4nc(C)ccc43)=NCC2F)C1. The summed E-state index contributed by atoms with van der Waals surface area (Å²) in [7, 11) is 0. The Kier molecular flexibility index (Phi) is 7.44. The van der Waals surface area contributed by atoms with Gasteiger partial charge in [0.1, 0.15) is 17.2 Å². The number of hydrogen-bond donors (Lipinski definition) is 3. The number of alkyl halides is 1. The van der Waals surface area contributed by atoms with Crippen molar-refractivity contribution in [2.75, 3.05) is 6.54 Å².